The van der Waals surface area contributed by atoms with Gasteiger partial charge in [0.05, 0.1) is 18.3 Å². The summed E-state index contributed by atoms with van der Waals surface area (Å²) in [6.07, 6.45) is -0.401. The number of alkyl halides is 1. The predicted octanol–water partition coefficient (Wildman–Crippen LogP) is 7.50. The summed E-state index contributed by atoms with van der Waals surface area (Å²) in [5, 5.41) is 0. The molecule has 2 heterocycles. The Morgan fingerprint density at radius 1 is 1.04 bits per heavy atom. The van der Waals surface area contributed by atoms with E-state index in [1.807, 2.05) is 24.3 Å². The van der Waals surface area contributed by atoms with E-state index in [2.05, 4.69) is 6.58 Å². The van der Waals surface area contributed by atoms with Crippen molar-refractivity contribution in [1.29, 1.82) is 0 Å². The molecule has 0 aliphatic carbocycles. The Bertz CT molecular complexity index is 2010. The number of hydrogen-bond acceptors (Lipinski definition) is 8. The first-order chi connectivity index (χ1) is 26.7. The van der Waals surface area contributed by atoms with Crippen molar-refractivity contribution < 1.29 is 46.5 Å². The molecule has 1 aliphatic heterocycles. The number of rotatable bonds is 16. The van der Waals surface area contributed by atoms with Gasteiger partial charge in [0.15, 0.2) is 12.9 Å². The molecule has 14 heteroatoms. The number of hydrogen-bond donors (Lipinski definition) is 0. The summed E-state index contributed by atoms with van der Waals surface area (Å²) in [5.74, 6) is -2.93. The number of aromatic nitrogens is 2. The van der Waals surface area contributed by atoms with E-state index in [-0.39, 0.29) is 56.7 Å². The van der Waals surface area contributed by atoms with E-state index in [0.717, 1.165) is 29.3 Å². The zero-order valence-corrected chi connectivity index (χ0v) is 32.1. The number of nitrogens with zero attached hydrogens (tertiary/aromatic N) is 4. The second-order valence-corrected chi connectivity index (χ2v) is 14.3. The van der Waals surface area contributed by atoms with Crippen LogP contribution >= 0.6 is 0 Å². The molecule has 11 nitrogen and oxygen atoms in total. The molecule has 1 saturated heterocycles. The SMILES string of the molecule is C=CC(C)(C)C(c1nc(-c2cc(F)ccc2F)cn1Cc1cccc(OCOC)c1)N(CC1CN(C(=O)OCc2ccccc2)CC1F)C(=O)C(C)OC(C)=O. The lowest BCUT2D eigenvalue weighted by Gasteiger charge is -2.42. The van der Waals surface area contributed by atoms with Crippen LogP contribution in [-0.4, -0.2) is 83.1 Å². The maximum Gasteiger partial charge on any atom is 0.410 e. The van der Waals surface area contributed by atoms with E-state index in [4.69, 9.17) is 23.9 Å². The van der Waals surface area contributed by atoms with Gasteiger partial charge < -0.3 is 33.3 Å². The minimum absolute atomic E-state index is 0.00375. The van der Waals surface area contributed by atoms with Gasteiger partial charge in [-0.05, 0) is 48.4 Å². The fourth-order valence-corrected chi connectivity index (χ4v) is 6.71. The van der Waals surface area contributed by atoms with Crippen LogP contribution in [0.3, 0.4) is 0 Å². The minimum atomic E-state index is -1.56. The van der Waals surface area contributed by atoms with Gasteiger partial charge in [-0.25, -0.2) is 22.9 Å². The van der Waals surface area contributed by atoms with Crippen LogP contribution in [0.2, 0.25) is 0 Å². The summed E-state index contributed by atoms with van der Waals surface area (Å²) in [6, 6.07) is 18.2. The van der Waals surface area contributed by atoms with Crippen LogP contribution in [-0.2, 0) is 37.0 Å². The molecule has 0 N–H and O–H groups in total. The van der Waals surface area contributed by atoms with Crippen molar-refractivity contribution in [2.24, 2.45) is 11.3 Å². The first kappa shape index (κ1) is 41.5. The van der Waals surface area contributed by atoms with Gasteiger partial charge in [0.25, 0.3) is 5.91 Å². The first-order valence-corrected chi connectivity index (χ1v) is 18.1. The van der Waals surface area contributed by atoms with Crippen LogP contribution in [0.1, 0.15) is 50.7 Å². The molecule has 0 saturated carbocycles. The molecule has 0 bridgehead atoms. The lowest BCUT2D eigenvalue weighted by Crippen LogP contribution is -2.50. The van der Waals surface area contributed by atoms with E-state index >= 15 is 8.78 Å². The summed E-state index contributed by atoms with van der Waals surface area (Å²) < 4.78 is 69.1. The molecule has 1 aromatic heterocycles. The third-order valence-corrected chi connectivity index (χ3v) is 9.62. The number of carbonyl (C=O) groups is 3. The van der Waals surface area contributed by atoms with Crippen molar-refractivity contribution in [3.63, 3.8) is 0 Å². The Morgan fingerprint density at radius 2 is 1.77 bits per heavy atom. The number of carbonyl (C=O) groups excluding carboxylic acids is 3. The van der Waals surface area contributed by atoms with Gasteiger partial charge in [-0.2, -0.15) is 0 Å². The van der Waals surface area contributed by atoms with Crippen molar-refractivity contribution in [3.8, 4) is 17.0 Å². The van der Waals surface area contributed by atoms with Crippen LogP contribution in [0.4, 0.5) is 18.0 Å². The highest BCUT2D eigenvalue weighted by atomic mass is 19.1. The zero-order chi connectivity index (χ0) is 40.6. The van der Waals surface area contributed by atoms with Gasteiger partial charge >= 0.3 is 12.1 Å². The highest BCUT2D eigenvalue weighted by molar-refractivity contribution is 5.83. The van der Waals surface area contributed by atoms with Gasteiger partial charge in [-0.3, -0.25) is 9.59 Å². The smallest absolute Gasteiger partial charge is 0.410 e. The molecule has 5 rings (SSSR count). The molecule has 0 spiro atoms. The summed E-state index contributed by atoms with van der Waals surface area (Å²) in [7, 11) is 1.50. The number of benzene rings is 3. The standard InChI is InChI=1S/C42H47F3N4O7/c1-7-42(4,5)38(39-46-37(34-19-32(43)16-17-35(34)44)24-47(39)20-30-14-11-15-33(18-30)55-26-53-6)49(40(51)27(2)56-28(3)50)22-31-21-48(23-36(31)45)41(52)54-25-29-12-9-8-10-13-29/h7-19,24,27,31,36,38H,1,20-23,25-26H2,2-6H3. The Morgan fingerprint density at radius 3 is 2.46 bits per heavy atom. The molecule has 3 aromatic carbocycles. The fraction of sp³-hybridized carbons (Fsp3) is 0.381. The lowest BCUT2D eigenvalue weighted by atomic mass is 9.82. The lowest BCUT2D eigenvalue weighted by molar-refractivity contribution is -0.160. The number of methoxy groups -OCH3 is 1. The normalized spacial score (nSPS) is 16.5. The van der Waals surface area contributed by atoms with Gasteiger partial charge in [0.2, 0.25) is 0 Å². The van der Waals surface area contributed by atoms with Crippen molar-refractivity contribution in [3.05, 3.63) is 120 Å². The van der Waals surface area contributed by atoms with E-state index in [9.17, 15) is 18.8 Å². The fourth-order valence-electron chi connectivity index (χ4n) is 6.71. The molecule has 0 radical (unpaired) electrons. The second-order valence-electron chi connectivity index (χ2n) is 14.3. The summed E-state index contributed by atoms with van der Waals surface area (Å²) in [4.78, 5) is 47.2. The van der Waals surface area contributed by atoms with Gasteiger partial charge in [-0.1, -0.05) is 62.4 Å². The van der Waals surface area contributed by atoms with Crippen molar-refractivity contribution in [1.82, 2.24) is 19.4 Å². The van der Waals surface area contributed by atoms with E-state index in [0.29, 0.717) is 5.75 Å². The summed E-state index contributed by atoms with van der Waals surface area (Å²) >= 11 is 0. The molecule has 56 heavy (non-hydrogen) atoms. The maximum atomic E-state index is 16.0. The van der Waals surface area contributed by atoms with Crippen LogP contribution in [0.25, 0.3) is 11.3 Å². The Labute approximate surface area is 324 Å². The third kappa shape index (κ3) is 10.2. The van der Waals surface area contributed by atoms with Crippen molar-refractivity contribution in [2.75, 3.05) is 33.5 Å². The number of ether oxygens (including phenoxy) is 4. The monoisotopic (exact) mass is 776 g/mol. The van der Waals surface area contributed by atoms with Gasteiger partial charge in [-0.15, -0.1) is 6.58 Å². The number of likely N-dealkylation sites (tertiary alicyclic amines) is 1. The molecule has 1 fully saturated rings. The molecule has 2 amide bonds. The Hall–Kier alpha value is -5.63. The molecular formula is C42H47F3N4O7. The quantitative estimate of drug-likeness (QED) is 0.0654. The number of imidazole rings is 1. The third-order valence-electron chi connectivity index (χ3n) is 9.62. The topological polar surface area (TPSA) is 112 Å². The highest BCUT2D eigenvalue weighted by Gasteiger charge is 2.45. The Kier molecular flexibility index (Phi) is 13.6. The molecular weight excluding hydrogens is 729 g/mol. The molecule has 298 valence electrons. The van der Waals surface area contributed by atoms with Crippen LogP contribution in [0.5, 0.6) is 5.75 Å². The summed E-state index contributed by atoms with van der Waals surface area (Å²) in [6.45, 7) is 9.77. The average molecular weight is 777 g/mol. The number of amides is 2. The molecule has 1 aliphatic rings. The van der Waals surface area contributed by atoms with Gasteiger partial charge in [0.1, 0.15) is 36.0 Å². The summed E-state index contributed by atoms with van der Waals surface area (Å²) in [5.41, 5.74) is 0.433. The highest BCUT2D eigenvalue weighted by Crippen LogP contribution is 2.42. The number of esters is 1. The molecule has 4 aromatic rings. The van der Waals surface area contributed by atoms with Crippen LogP contribution in [0, 0.1) is 23.0 Å². The van der Waals surface area contributed by atoms with Crippen LogP contribution < -0.4 is 4.74 Å². The molecule has 4 atom stereocenters. The minimum Gasteiger partial charge on any atom is -0.468 e. The zero-order valence-electron chi connectivity index (χ0n) is 32.1. The Balaban J connectivity index is 1.58. The first-order valence-electron chi connectivity index (χ1n) is 18.1. The maximum absolute atomic E-state index is 16.0. The van der Waals surface area contributed by atoms with Crippen molar-refractivity contribution >= 4 is 18.0 Å². The number of halogens is 3. The molecule has 4 unspecified atom stereocenters. The predicted molar refractivity (Wildman–Crippen MR) is 202 cm³/mol. The van der Waals surface area contributed by atoms with Gasteiger partial charge in [0, 0.05) is 56.8 Å². The van der Waals surface area contributed by atoms with Crippen LogP contribution in [0.15, 0.2) is 91.6 Å². The van der Waals surface area contributed by atoms with E-state index in [1.54, 1.807) is 61.0 Å². The second kappa shape index (κ2) is 18.3. The average Bonchev–Trinajstić information content (AvgIpc) is 3.75. The van der Waals surface area contributed by atoms with E-state index < -0.39 is 59.3 Å². The largest absolute Gasteiger partial charge is 0.468 e. The van der Waals surface area contributed by atoms with Crippen molar-refractivity contribution in [2.45, 2.75) is 59.2 Å². The van der Waals surface area contributed by atoms with E-state index in [1.165, 1.54) is 30.8 Å².